The molecule has 1 saturated heterocycles. The molecule has 0 bridgehead atoms. The first kappa shape index (κ1) is 25.1. The SMILES string of the molecule is CCCCN1CCC(COc2cc3c(Nc4ccccc4)c(C(=O)CC)cnc3cc2CO)CC1. The molecule has 1 fully saturated rings. The number of nitrogens with zero attached hydrogens (tertiary/aromatic N) is 2. The van der Waals surface area contributed by atoms with E-state index in [4.69, 9.17) is 4.74 Å². The van der Waals surface area contributed by atoms with Crippen molar-refractivity contribution in [2.45, 2.75) is 52.6 Å². The third-order valence-corrected chi connectivity index (χ3v) is 6.89. The highest BCUT2D eigenvalue weighted by Gasteiger charge is 2.21. The third-order valence-electron chi connectivity index (χ3n) is 6.89. The molecular formula is C29H37N3O3. The van der Waals surface area contributed by atoms with E-state index in [0.717, 1.165) is 48.2 Å². The van der Waals surface area contributed by atoms with Crippen LogP contribution in [-0.2, 0) is 6.61 Å². The Morgan fingerprint density at radius 1 is 1.17 bits per heavy atom. The number of ketones is 1. The van der Waals surface area contributed by atoms with Crippen LogP contribution < -0.4 is 10.1 Å². The van der Waals surface area contributed by atoms with Gasteiger partial charge in [-0.2, -0.15) is 0 Å². The van der Waals surface area contributed by atoms with Crippen molar-refractivity contribution in [2.75, 3.05) is 31.6 Å². The van der Waals surface area contributed by atoms with Crippen LogP contribution in [0.1, 0.15) is 61.9 Å². The Kier molecular flexibility index (Phi) is 8.72. The first-order chi connectivity index (χ1) is 17.1. The average molecular weight is 476 g/mol. The minimum Gasteiger partial charge on any atom is -0.493 e. The van der Waals surface area contributed by atoms with Crippen LogP contribution >= 0.6 is 0 Å². The Bertz CT molecular complexity index is 1120. The van der Waals surface area contributed by atoms with Crippen molar-refractivity contribution >= 4 is 28.1 Å². The van der Waals surface area contributed by atoms with Crippen LogP contribution in [0.5, 0.6) is 5.75 Å². The molecule has 2 N–H and O–H groups in total. The Balaban J connectivity index is 1.60. The summed E-state index contributed by atoms with van der Waals surface area (Å²) in [5, 5.41) is 14.3. The van der Waals surface area contributed by atoms with Gasteiger partial charge in [-0.3, -0.25) is 9.78 Å². The standard InChI is InChI=1S/C29H37N3O3/c1-3-5-13-32-14-11-21(12-15-32)20-35-28-17-24-26(16-22(28)19-33)30-18-25(27(34)4-2)29(24)31-23-9-7-6-8-10-23/h6-10,16-18,21,33H,3-5,11-15,19-20H2,1-2H3,(H,30,31). The number of fused-ring (bicyclic) bond motifs is 1. The summed E-state index contributed by atoms with van der Waals surface area (Å²) in [4.78, 5) is 19.8. The van der Waals surface area contributed by atoms with Gasteiger partial charge >= 0.3 is 0 Å². The number of unbranched alkanes of at least 4 members (excludes halogenated alkanes) is 1. The highest BCUT2D eigenvalue weighted by Crippen LogP contribution is 2.35. The molecule has 4 rings (SSSR count). The fraction of sp³-hybridized carbons (Fsp3) is 0.448. The minimum atomic E-state index is -0.125. The van der Waals surface area contributed by atoms with Crippen molar-refractivity contribution in [1.82, 2.24) is 9.88 Å². The van der Waals surface area contributed by atoms with Gasteiger partial charge in [-0.05, 0) is 69.1 Å². The number of carbonyl (C=O) groups is 1. The zero-order valence-corrected chi connectivity index (χ0v) is 20.9. The summed E-state index contributed by atoms with van der Waals surface area (Å²) in [5.41, 5.74) is 3.62. The number of nitrogens with one attached hydrogen (secondary N) is 1. The summed E-state index contributed by atoms with van der Waals surface area (Å²) in [6.45, 7) is 8.02. The molecule has 0 aliphatic carbocycles. The predicted molar refractivity (Wildman–Crippen MR) is 142 cm³/mol. The fourth-order valence-electron chi connectivity index (χ4n) is 4.69. The van der Waals surface area contributed by atoms with Crippen LogP contribution in [0, 0.1) is 5.92 Å². The average Bonchev–Trinajstić information content (AvgIpc) is 2.91. The number of anilines is 2. The minimum absolute atomic E-state index is 0.0290. The summed E-state index contributed by atoms with van der Waals surface area (Å²) < 4.78 is 6.30. The summed E-state index contributed by atoms with van der Waals surface area (Å²) in [5.74, 6) is 1.19. The first-order valence-electron chi connectivity index (χ1n) is 12.9. The fourth-order valence-corrected chi connectivity index (χ4v) is 4.69. The maximum Gasteiger partial charge on any atom is 0.166 e. The molecule has 0 spiro atoms. The molecule has 35 heavy (non-hydrogen) atoms. The second-order valence-electron chi connectivity index (χ2n) is 9.40. The van der Waals surface area contributed by atoms with E-state index in [1.54, 1.807) is 6.20 Å². The molecule has 1 aliphatic heterocycles. The Hall–Kier alpha value is -2.96. The van der Waals surface area contributed by atoms with E-state index in [2.05, 4.69) is 22.1 Å². The van der Waals surface area contributed by atoms with E-state index in [1.165, 1.54) is 19.4 Å². The molecule has 6 nitrogen and oxygen atoms in total. The molecule has 0 radical (unpaired) electrons. The van der Waals surface area contributed by atoms with Gasteiger partial charge in [-0.15, -0.1) is 0 Å². The summed E-state index contributed by atoms with van der Waals surface area (Å²) in [6.07, 6.45) is 6.77. The Morgan fingerprint density at radius 2 is 1.94 bits per heavy atom. The number of para-hydroxylation sites is 1. The van der Waals surface area contributed by atoms with Crippen molar-refractivity contribution in [3.63, 3.8) is 0 Å². The summed E-state index contributed by atoms with van der Waals surface area (Å²) in [7, 11) is 0. The number of pyridine rings is 1. The summed E-state index contributed by atoms with van der Waals surface area (Å²) in [6, 6.07) is 13.6. The lowest BCUT2D eigenvalue weighted by Gasteiger charge is -2.31. The Morgan fingerprint density at radius 3 is 2.63 bits per heavy atom. The number of aliphatic hydroxyl groups is 1. The number of hydrogen-bond acceptors (Lipinski definition) is 6. The predicted octanol–water partition coefficient (Wildman–Crippen LogP) is 5.95. The van der Waals surface area contributed by atoms with Gasteiger partial charge in [0.25, 0.3) is 0 Å². The van der Waals surface area contributed by atoms with Gasteiger partial charge in [-0.1, -0.05) is 38.5 Å². The van der Waals surface area contributed by atoms with E-state index in [0.29, 0.717) is 35.8 Å². The van der Waals surface area contributed by atoms with E-state index in [-0.39, 0.29) is 12.4 Å². The number of aliphatic hydroxyl groups excluding tert-OH is 1. The molecule has 0 unspecified atom stereocenters. The molecule has 186 valence electrons. The topological polar surface area (TPSA) is 74.7 Å². The monoisotopic (exact) mass is 475 g/mol. The van der Waals surface area contributed by atoms with Crippen LogP contribution in [0.25, 0.3) is 10.9 Å². The zero-order valence-electron chi connectivity index (χ0n) is 20.9. The largest absolute Gasteiger partial charge is 0.493 e. The normalized spacial score (nSPS) is 14.8. The van der Waals surface area contributed by atoms with E-state index in [9.17, 15) is 9.90 Å². The van der Waals surface area contributed by atoms with Gasteiger partial charge < -0.3 is 20.1 Å². The second-order valence-corrected chi connectivity index (χ2v) is 9.40. The van der Waals surface area contributed by atoms with Gasteiger partial charge in [-0.25, -0.2) is 0 Å². The van der Waals surface area contributed by atoms with Gasteiger partial charge in [0.2, 0.25) is 0 Å². The van der Waals surface area contributed by atoms with E-state index in [1.807, 2.05) is 49.4 Å². The molecular weight excluding hydrogens is 438 g/mol. The molecule has 6 heteroatoms. The van der Waals surface area contributed by atoms with Gasteiger partial charge in [0.05, 0.1) is 30.0 Å². The lowest BCUT2D eigenvalue weighted by Crippen LogP contribution is -2.36. The number of Topliss-reactive ketones (excluding diaryl/α,β-unsaturated/α-hetero) is 1. The highest BCUT2D eigenvalue weighted by atomic mass is 16.5. The van der Waals surface area contributed by atoms with Crippen molar-refractivity contribution in [3.8, 4) is 5.75 Å². The highest BCUT2D eigenvalue weighted by molar-refractivity contribution is 6.09. The van der Waals surface area contributed by atoms with Crippen molar-refractivity contribution in [2.24, 2.45) is 5.92 Å². The van der Waals surface area contributed by atoms with Gasteiger partial charge in [0.15, 0.2) is 5.78 Å². The van der Waals surface area contributed by atoms with Gasteiger partial charge in [0.1, 0.15) is 5.75 Å². The van der Waals surface area contributed by atoms with Crippen LogP contribution in [0.15, 0.2) is 48.7 Å². The number of benzene rings is 2. The van der Waals surface area contributed by atoms with E-state index < -0.39 is 0 Å². The number of carbonyl (C=O) groups excluding carboxylic acids is 1. The molecule has 2 aromatic carbocycles. The molecule has 0 atom stereocenters. The van der Waals surface area contributed by atoms with E-state index >= 15 is 0 Å². The first-order valence-corrected chi connectivity index (χ1v) is 12.9. The Labute approximate surface area is 208 Å². The quantitative estimate of drug-likeness (QED) is 0.334. The summed E-state index contributed by atoms with van der Waals surface area (Å²) >= 11 is 0. The lowest BCUT2D eigenvalue weighted by molar-refractivity contribution is 0.0988. The smallest absolute Gasteiger partial charge is 0.166 e. The number of hydrogen-bond donors (Lipinski definition) is 2. The van der Waals surface area contributed by atoms with Crippen LogP contribution in [0.4, 0.5) is 11.4 Å². The van der Waals surface area contributed by atoms with Crippen molar-refractivity contribution < 1.29 is 14.6 Å². The molecule has 0 amide bonds. The van der Waals surface area contributed by atoms with Gasteiger partial charge in [0, 0.05) is 29.3 Å². The number of ether oxygens (including phenoxy) is 1. The third kappa shape index (κ3) is 6.19. The second kappa shape index (κ2) is 12.1. The lowest BCUT2D eigenvalue weighted by atomic mass is 9.97. The molecule has 2 heterocycles. The molecule has 1 aromatic heterocycles. The maximum atomic E-state index is 12.7. The number of aromatic nitrogens is 1. The molecule has 3 aromatic rings. The van der Waals surface area contributed by atoms with Crippen molar-refractivity contribution in [1.29, 1.82) is 0 Å². The van der Waals surface area contributed by atoms with Crippen LogP contribution in [0.2, 0.25) is 0 Å². The zero-order chi connectivity index (χ0) is 24.6. The molecule has 0 saturated carbocycles. The number of piperidine rings is 1. The number of likely N-dealkylation sites (tertiary alicyclic amines) is 1. The van der Waals surface area contributed by atoms with Crippen LogP contribution in [0.3, 0.4) is 0 Å². The maximum absolute atomic E-state index is 12.7. The van der Waals surface area contributed by atoms with Crippen molar-refractivity contribution in [3.05, 3.63) is 59.8 Å². The van der Waals surface area contributed by atoms with Crippen LogP contribution in [-0.4, -0.2) is 47.0 Å². The molecule has 1 aliphatic rings. The number of rotatable bonds is 11.